The first-order valence-electron chi connectivity index (χ1n) is 9.86. The van der Waals surface area contributed by atoms with Crippen LogP contribution < -0.4 is 10.6 Å². The molecule has 2 aromatic rings. The number of carbonyl (C=O) groups excluding carboxylic acids is 2. The van der Waals surface area contributed by atoms with E-state index in [-0.39, 0.29) is 17.6 Å². The number of carbonyl (C=O) groups is 2. The van der Waals surface area contributed by atoms with Gasteiger partial charge in [0.25, 0.3) is 5.78 Å². The molecule has 0 aliphatic carbocycles. The molecule has 158 valence electrons. The molecule has 1 aliphatic heterocycles. The van der Waals surface area contributed by atoms with Crippen molar-refractivity contribution < 1.29 is 9.59 Å². The Balaban J connectivity index is 1.66. The average molecular weight is 422 g/mol. The Morgan fingerprint density at radius 1 is 0.931 bits per heavy atom. The van der Waals surface area contributed by atoms with Crippen molar-refractivity contribution in [2.45, 2.75) is 32.3 Å². The van der Waals surface area contributed by atoms with Gasteiger partial charge in [0, 0.05) is 45.7 Å². The molecule has 0 bridgehead atoms. The third-order valence-corrected chi connectivity index (χ3v) is 5.44. The summed E-state index contributed by atoms with van der Waals surface area (Å²) in [6.07, 6.45) is 0.495. The van der Waals surface area contributed by atoms with Crippen LogP contribution in [0.4, 0.5) is 11.9 Å². The lowest BCUT2D eigenvalue weighted by molar-refractivity contribution is -0.137. The van der Waals surface area contributed by atoms with Crippen LogP contribution in [0.25, 0.3) is 5.78 Å². The van der Waals surface area contributed by atoms with E-state index in [2.05, 4.69) is 30.8 Å². The van der Waals surface area contributed by atoms with E-state index in [1.165, 1.54) is 11.8 Å². The van der Waals surface area contributed by atoms with Gasteiger partial charge in [0.1, 0.15) is 0 Å². The number of piperazine rings is 1. The van der Waals surface area contributed by atoms with E-state index in [0.29, 0.717) is 68.5 Å². The number of amides is 2. The molecule has 0 radical (unpaired) electrons. The summed E-state index contributed by atoms with van der Waals surface area (Å²) in [4.78, 5) is 36.8. The van der Waals surface area contributed by atoms with Crippen LogP contribution in [0.2, 0.25) is 0 Å². The molecule has 2 amide bonds. The molecule has 29 heavy (non-hydrogen) atoms. The maximum Gasteiger partial charge on any atom is 0.261 e. The Morgan fingerprint density at radius 2 is 1.59 bits per heavy atom. The van der Waals surface area contributed by atoms with Crippen LogP contribution in [0.15, 0.2) is 5.16 Å². The zero-order chi connectivity index (χ0) is 20.8. The fourth-order valence-electron chi connectivity index (χ4n) is 3.04. The second kappa shape index (κ2) is 9.72. The van der Waals surface area contributed by atoms with Crippen LogP contribution in [-0.4, -0.2) is 91.2 Å². The van der Waals surface area contributed by atoms with Crippen LogP contribution in [0, 0.1) is 0 Å². The number of fused-ring (bicyclic) bond motifs is 1. The van der Waals surface area contributed by atoms with Crippen LogP contribution >= 0.6 is 11.8 Å². The molecule has 0 unspecified atom stereocenters. The number of thioether (sulfide) groups is 1. The Morgan fingerprint density at radius 3 is 2.21 bits per heavy atom. The Bertz CT molecular complexity index is 864. The highest BCUT2D eigenvalue weighted by molar-refractivity contribution is 7.99. The van der Waals surface area contributed by atoms with Crippen LogP contribution in [-0.2, 0) is 9.59 Å². The highest BCUT2D eigenvalue weighted by Gasteiger charge is 2.24. The topological polar surface area (TPSA) is 121 Å². The van der Waals surface area contributed by atoms with Crippen LogP contribution in [0.3, 0.4) is 0 Å². The van der Waals surface area contributed by atoms with Gasteiger partial charge in [-0.3, -0.25) is 9.59 Å². The van der Waals surface area contributed by atoms with Crippen molar-refractivity contribution in [2.75, 3.05) is 55.7 Å². The normalized spacial score (nSPS) is 14.3. The van der Waals surface area contributed by atoms with Crippen molar-refractivity contribution in [2.24, 2.45) is 0 Å². The number of nitrogens with one attached hydrogen (secondary N) is 2. The molecule has 2 N–H and O–H groups in total. The molecule has 3 heterocycles. The SMILES string of the molecule is CCNc1nc(NCC)n2c(SCC(=O)N3CCN(C(=O)CC)CC3)nnc2n1. The van der Waals surface area contributed by atoms with Crippen molar-refractivity contribution >= 4 is 41.3 Å². The number of nitrogens with zero attached hydrogens (tertiary/aromatic N) is 7. The van der Waals surface area contributed by atoms with Gasteiger partial charge in [-0.05, 0) is 13.8 Å². The molecule has 0 aromatic carbocycles. The molecule has 3 rings (SSSR count). The van der Waals surface area contributed by atoms with Gasteiger partial charge < -0.3 is 20.4 Å². The van der Waals surface area contributed by atoms with E-state index in [1.54, 1.807) is 9.30 Å². The summed E-state index contributed by atoms with van der Waals surface area (Å²) in [7, 11) is 0. The second-order valence-corrected chi connectivity index (χ2v) is 7.40. The predicted octanol–water partition coefficient (Wildman–Crippen LogP) is 0.556. The molecular formula is C17H27N9O2S. The lowest BCUT2D eigenvalue weighted by Crippen LogP contribution is -2.50. The van der Waals surface area contributed by atoms with E-state index in [9.17, 15) is 9.59 Å². The van der Waals surface area contributed by atoms with Gasteiger partial charge in [0.15, 0.2) is 5.16 Å². The summed E-state index contributed by atoms with van der Waals surface area (Å²) >= 11 is 1.31. The average Bonchev–Trinajstić information content (AvgIpc) is 3.15. The maximum absolute atomic E-state index is 12.6. The number of hydrogen-bond acceptors (Lipinski definition) is 9. The zero-order valence-electron chi connectivity index (χ0n) is 17.0. The van der Waals surface area contributed by atoms with Crippen molar-refractivity contribution in [1.82, 2.24) is 34.4 Å². The van der Waals surface area contributed by atoms with E-state index in [0.717, 1.165) is 0 Å². The van der Waals surface area contributed by atoms with Crippen molar-refractivity contribution in [3.8, 4) is 0 Å². The molecule has 11 nitrogen and oxygen atoms in total. The molecule has 0 atom stereocenters. The predicted molar refractivity (Wildman–Crippen MR) is 111 cm³/mol. The van der Waals surface area contributed by atoms with Gasteiger partial charge in [0.2, 0.25) is 23.7 Å². The van der Waals surface area contributed by atoms with Gasteiger partial charge in [-0.25, -0.2) is 4.40 Å². The van der Waals surface area contributed by atoms with Gasteiger partial charge in [-0.1, -0.05) is 18.7 Å². The van der Waals surface area contributed by atoms with Gasteiger partial charge >= 0.3 is 0 Å². The van der Waals surface area contributed by atoms with E-state index < -0.39 is 0 Å². The fraction of sp³-hybridized carbons (Fsp3) is 0.647. The van der Waals surface area contributed by atoms with Gasteiger partial charge in [-0.2, -0.15) is 9.97 Å². The molecule has 0 spiro atoms. The first-order chi connectivity index (χ1) is 14.1. The zero-order valence-corrected chi connectivity index (χ0v) is 17.8. The highest BCUT2D eigenvalue weighted by atomic mass is 32.2. The largest absolute Gasteiger partial charge is 0.355 e. The van der Waals surface area contributed by atoms with Crippen LogP contribution in [0.1, 0.15) is 27.2 Å². The van der Waals surface area contributed by atoms with Gasteiger partial charge in [-0.15, -0.1) is 10.2 Å². The smallest absolute Gasteiger partial charge is 0.261 e. The second-order valence-electron chi connectivity index (χ2n) is 6.45. The summed E-state index contributed by atoms with van der Waals surface area (Å²) in [6, 6.07) is 0. The van der Waals surface area contributed by atoms with Crippen LogP contribution in [0.5, 0.6) is 0 Å². The minimum atomic E-state index is 0.0190. The summed E-state index contributed by atoms with van der Waals surface area (Å²) in [5.41, 5.74) is 0. The van der Waals surface area contributed by atoms with Crippen molar-refractivity contribution in [3.63, 3.8) is 0 Å². The fourth-order valence-corrected chi connectivity index (χ4v) is 3.87. The molecule has 1 fully saturated rings. The van der Waals surface area contributed by atoms with Crippen molar-refractivity contribution in [1.29, 1.82) is 0 Å². The molecule has 0 saturated carbocycles. The lowest BCUT2D eigenvalue weighted by Gasteiger charge is -2.34. The summed E-state index contributed by atoms with van der Waals surface area (Å²) in [6.45, 7) is 9.46. The van der Waals surface area contributed by atoms with Crippen molar-refractivity contribution in [3.05, 3.63) is 0 Å². The molecule has 1 aliphatic rings. The number of anilines is 2. The van der Waals surface area contributed by atoms with E-state index >= 15 is 0 Å². The van der Waals surface area contributed by atoms with E-state index in [1.807, 2.05) is 25.7 Å². The van der Waals surface area contributed by atoms with Gasteiger partial charge in [0.05, 0.1) is 5.75 Å². The third-order valence-electron chi connectivity index (χ3n) is 4.53. The summed E-state index contributed by atoms with van der Waals surface area (Å²) in [5, 5.41) is 15.1. The first-order valence-corrected chi connectivity index (χ1v) is 10.8. The Labute approximate surface area is 173 Å². The highest BCUT2D eigenvalue weighted by Crippen LogP contribution is 2.21. The minimum Gasteiger partial charge on any atom is -0.355 e. The Hall–Kier alpha value is -2.63. The first kappa shape index (κ1) is 21.1. The summed E-state index contributed by atoms with van der Waals surface area (Å²) < 4.78 is 1.72. The number of aromatic nitrogens is 5. The monoisotopic (exact) mass is 421 g/mol. The standard InChI is InChI=1S/C17H27N9O2S/c1-4-12(27)24-7-9-25(10-8-24)13(28)11-29-17-23-22-16-21-14(18-5-2)20-15(19-6-3)26(16)17/h4-11H2,1-3H3,(H2,18,19,20,21,22). The Kier molecular flexibility index (Phi) is 7.07. The third kappa shape index (κ3) is 4.86. The minimum absolute atomic E-state index is 0.0190. The molecule has 2 aromatic heterocycles. The number of rotatable bonds is 8. The lowest BCUT2D eigenvalue weighted by atomic mass is 10.3. The summed E-state index contributed by atoms with van der Waals surface area (Å²) in [5.74, 6) is 1.88. The molecule has 12 heteroatoms. The maximum atomic E-state index is 12.6. The molecule has 1 saturated heterocycles. The molecular weight excluding hydrogens is 394 g/mol. The van der Waals surface area contributed by atoms with E-state index in [4.69, 9.17) is 0 Å². The quantitative estimate of drug-likeness (QED) is 0.589. The number of hydrogen-bond donors (Lipinski definition) is 2.